The van der Waals surface area contributed by atoms with Gasteiger partial charge in [-0.1, -0.05) is 33.6 Å². The van der Waals surface area contributed by atoms with E-state index in [1.165, 1.54) is 69.1 Å². The molecule has 0 aromatic carbocycles. The molecule has 0 rings (SSSR count). The van der Waals surface area contributed by atoms with Gasteiger partial charge in [0.2, 0.25) is 0 Å². The largest absolute Gasteiger partial charge is 0.326 e. The van der Waals surface area contributed by atoms with Crippen molar-refractivity contribution < 1.29 is 4.48 Å². The Labute approximate surface area is 97.5 Å². The summed E-state index contributed by atoms with van der Waals surface area (Å²) in [5.41, 5.74) is 0. The standard InChI is InChI=1S/C14H32N/c1-5-8-10-13-15(4,12-7-3)14-11-9-6-2/h5-14H2,1-4H3/q+1. The maximum absolute atomic E-state index is 2.45. The summed E-state index contributed by atoms with van der Waals surface area (Å²) in [5, 5.41) is 0. The quantitative estimate of drug-likeness (QED) is 0.377. The number of rotatable bonds is 10. The van der Waals surface area contributed by atoms with E-state index in [2.05, 4.69) is 27.8 Å². The molecule has 0 unspecified atom stereocenters. The van der Waals surface area contributed by atoms with Crippen molar-refractivity contribution in [1.29, 1.82) is 0 Å². The van der Waals surface area contributed by atoms with Gasteiger partial charge >= 0.3 is 0 Å². The molecule has 0 radical (unpaired) electrons. The Balaban J connectivity index is 3.83. The van der Waals surface area contributed by atoms with E-state index in [1.807, 2.05) is 0 Å². The lowest BCUT2D eigenvalue weighted by Crippen LogP contribution is -2.46. The van der Waals surface area contributed by atoms with Crippen LogP contribution in [0, 0.1) is 0 Å². The summed E-state index contributed by atoms with van der Waals surface area (Å²) in [7, 11) is 2.45. The minimum absolute atomic E-state index is 1.32. The van der Waals surface area contributed by atoms with E-state index in [1.54, 1.807) is 0 Å². The molecule has 0 fully saturated rings. The molecule has 92 valence electrons. The molecular formula is C14H32N+. The number of hydrogen-bond acceptors (Lipinski definition) is 0. The van der Waals surface area contributed by atoms with Crippen molar-refractivity contribution in [3.63, 3.8) is 0 Å². The Morgan fingerprint density at radius 1 is 0.600 bits per heavy atom. The molecule has 0 N–H and O–H groups in total. The van der Waals surface area contributed by atoms with Crippen LogP contribution in [0.3, 0.4) is 0 Å². The van der Waals surface area contributed by atoms with Crippen molar-refractivity contribution in [2.24, 2.45) is 0 Å². The Hall–Kier alpha value is -0.0400. The number of quaternary nitrogens is 1. The molecule has 0 atom stereocenters. The van der Waals surface area contributed by atoms with Crippen LogP contribution in [0.5, 0.6) is 0 Å². The summed E-state index contributed by atoms with van der Waals surface area (Å²) in [6.07, 6.45) is 9.67. The molecule has 1 heteroatoms. The lowest BCUT2D eigenvalue weighted by molar-refractivity contribution is -0.910. The summed E-state index contributed by atoms with van der Waals surface area (Å²) < 4.78 is 1.32. The summed E-state index contributed by atoms with van der Waals surface area (Å²) in [6, 6.07) is 0. The number of unbranched alkanes of at least 4 members (excludes halogenated alkanes) is 4. The molecule has 0 aromatic rings. The van der Waals surface area contributed by atoms with E-state index in [4.69, 9.17) is 0 Å². The van der Waals surface area contributed by atoms with Crippen LogP contribution >= 0.6 is 0 Å². The molecule has 0 bridgehead atoms. The fourth-order valence-electron chi connectivity index (χ4n) is 2.36. The predicted octanol–water partition coefficient (Wildman–Crippen LogP) is 4.22. The highest BCUT2D eigenvalue weighted by Gasteiger charge is 2.18. The summed E-state index contributed by atoms with van der Waals surface area (Å²) in [4.78, 5) is 0. The molecule has 0 aromatic heterocycles. The van der Waals surface area contributed by atoms with Crippen LogP contribution in [0.15, 0.2) is 0 Å². The second-order valence-corrected chi connectivity index (χ2v) is 5.20. The molecule has 0 aliphatic rings. The van der Waals surface area contributed by atoms with Gasteiger partial charge in [0, 0.05) is 0 Å². The molecule has 0 spiro atoms. The lowest BCUT2D eigenvalue weighted by atomic mass is 10.1. The molecule has 0 heterocycles. The first-order valence-electron chi connectivity index (χ1n) is 7.02. The van der Waals surface area contributed by atoms with Gasteiger partial charge in [-0.15, -0.1) is 0 Å². The van der Waals surface area contributed by atoms with Gasteiger partial charge in [0.15, 0.2) is 0 Å². The number of nitrogens with zero attached hydrogens (tertiary/aromatic N) is 1. The van der Waals surface area contributed by atoms with Crippen LogP contribution in [-0.4, -0.2) is 31.2 Å². The highest BCUT2D eigenvalue weighted by Crippen LogP contribution is 2.11. The zero-order chi connectivity index (χ0) is 11.6. The summed E-state index contributed by atoms with van der Waals surface area (Å²) in [6.45, 7) is 11.1. The van der Waals surface area contributed by atoms with Crippen LogP contribution in [-0.2, 0) is 0 Å². The van der Waals surface area contributed by atoms with Crippen molar-refractivity contribution >= 4 is 0 Å². The van der Waals surface area contributed by atoms with Crippen molar-refractivity contribution in [2.75, 3.05) is 26.7 Å². The normalized spacial score (nSPS) is 12.0. The first-order chi connectivity index (χ1) is 7.18. The molecule has 0 aliphatic heterocycles. The Kier molecular flexibility index (Phi) is 9.18. The third-order valence-electron chi connectivity index (χ3n) is 3.37. The SMILES string of the molecule is CCCCC[N+](C)(CCC)CCCCC. The van der Waals surface area contributed by atoms with E-state index in [0.717, 1.165) is 0 Å². The lowest BCUT2D eigenvalue weighted by Gasteiger charge is -2.34. The molecule has 0 saturated heterocycles. The van der Waals surface area contributed by atoms with E-state index in [-0.39, 0.29) is 0 Å². The van der Waals surface area contributed by atoms with E-state index in [0.29, 0.717) is 0 Å². The monoisotopic (exact) mass is 214 g/mol. The summed E-state index contributed by atoms with van der Waals surface area (Å²) in [5.74, 6) is 0. The van der Waals surface area contributed by atoms with Crippen LogP contribution in [0.2, 0.25) is 0 Å². The average molecular weight is 214 g/mol. The highest BCUT2D eigenvalue weighted by atomic mass is 15.3. The molecule has 0 saturated carbocycles. The second-order valence-electron chi connectivity index (χ2n) is 5.20. The maximum Gasteiger partial charge on any atom is 0.0784 e. The molecule has 0 aliphatic carbocycles. The van der Waals surface area contributed by atoms with Gasteiger partial charge in [0.25, 0.3) is 0 Å². The van der Waals surface area contributed by atoms with Crippen LogP contribution in [0.25, 0.3) is 0 Å². The van der Waals surface area contributed by atoms with Crippen molar-refractivity contribution in [3.05, 3.63) is 0 Å². The molecule has 1 nitrogen and oxygen atoms in total. The average Bonchev–Trinajstić information content (AvgIpc) is 2.19. The summed E-state index contributed by atoms with van der Waals surface area (Å²) >= 11 is 0. The van der Waals surface area contributed by atoms with Gasteiger partial charge in [0.1, 0.15) is 0 Å². The smallest absolute Gasteiger partial charge is 0.0784 e. The fourth-order valence-corrected chi connectivity index (χ4v) is 2.36. The minimum atomic E-state index is 1.32. The van der Waals surface area contributed by atoms with Gasteiger partial charge in [-0.05, 0) is 32.1 Å². The van der Waals surface area contributed by atoms with Crippen molar-refractivity contribution in [3.8, 4) is 0 Å². The highest BCUT2D eigenvalue weighted by molar-refractivity contribution is 4.44. The zero-order valence-corrected chi connectivity index (χ0v) is 11.5. The Bertz CT molecular complexity index is 121. The zero-order valence-electron chi connectivity index (χ0n) is 11.5. The third-order valence-corrected chi connectivity index (χ3v) is 3.37. The Morgan fingerprint density at radius 3 is 1.40 bits per heavy atom. The topological polar surface area (TPSA) is 0 Å². The van der Waals surface area contributed by atoms with Crippen LogP contribution in [0.4, 0.5) is 0 Å². The third kappa shape index (κ3) is 7.84. The first-order valence-corrected chi connectivity index (χ1v) is 7.02. The van der Waals surface area contributed by atoms with Gasteiger partial charge < -0.3 is 4.48 Å². The van der Waals surface area contributed by atoms with Gasteiger partial charge in [-0.2, -0.15) is 0 Å². The second kappa shape index (κ2) is 9.21. The minimum Gasteiger partial charge on any atom is -0.326 e. The first kappa shape index (κ1) is 15.0. The molecular weight excluding hydrogens is 182 g/mol. The van der Waals surface area contributed by atoms with Crippen LogP contribution in [0.1, 0.15) is 65.7 Å². The Morgan fingerprint density at radius 2 is 1.07 bits per heavy atom. The predicted molar refractivity (Wildman–Crippen MR) is 70.1 cm³/mol. The van der Waals surface area contributed by atoms with Crippen molar-refractivity contribution in [1.82, 2.24) is 0 Å². The number of hydrogen-bond donors (Lipinski definition) is 0. The van der Waals surface area contributed by atoms with Gasteiger partial charge in [-0.25, -0.2) is 0 Å². The van der Waals surface area contributed by atoms with Crippen molar-refractivity contribution in [2.45, 2.75) is 65.7 Å². The van der Waals surface area contributed by atoms with Crippen LogP contribution < -0.4 is 0 Å². The fraction of sp³-hybridized carbons (Fsp3) is 1.00. The maximum atomic E-state index is 2.45. The van der Waals surface area contributed by atoms with Gasteiger partial charge in [-0.3, -0.25) is 0 Å². The molecule has 15 heavy (non-hydrogen) atoms. The van der Waals surface area contributed by atoms with Gasteiger partial charge in [0.05, 0.1) is 26.7 Å². The van der Waals surface area contributed by atoms with E-state index >= 15 is 0 Å². The van der Waals surface area contributed by atoms with E-state index in [9.17, 15) is 0 Å². The van der Waals surface area contributed by atoms with E-state index < -0.39 is 0 Å². The molecule has 0 amide bonds.